The third kappa shape index (κ3) is 4.16. The molecule has 0 aliphatic heterocycles. The van der Waals surface area contributed by atoms with Crippen LogP contribution in [0, 0.1) is 0 Å². The molecular formula is C9H12F3N3. The van der Waals surface area contributed by atoms with Crippen molar-refractivity contribution < 1.29 is 13.2 Å². The summed E-state index contributed by atoms with van der Waals surface area (Å²) >= 11 is 0. The van der Waals surface area contributed by atoms with Crippen LogP contribution >= 0.6 is 0 Å². The fourth-order valence-electron chi connectivity index (χ4n) is 1.26. The van der Waals surface area contributed by atoms with Gasteiger partial charge in [-0.1, -0.05) is 0 Å². The highest BCUT2D eigenvalue weighted by atomic mass is 19.4. The van der Waals surface area contributed by atoms with Crippen molar-refractivity contribution >= 4 is 5.69 Å². The lowest BCUT2D eigenvalue weighted by Crippen LogP contribution is -2.29. The second-order valence-corrected chi connectivity index (χ2v) is 3.36. The first-order valence-corrected chi connectivity index (χ1v) is 4.39. The Balaban J connectivity index is 2.59. The van der Waals surface area contributed by atoms with Crippen LogP contribution < -0.4 is 11.5 Å². The van der Waals surface area contributed by atoms with Crippen LogP contribution in [0.4, 0.5) is 18.9 Å². The maximum absolute atomic E-state index is 12.0. The minimum Gasteiger partial charge on any atom is -0.398 e. The van der Waals surface area contributed by atoms with Crippen molar-refractivity contribution in [2.45, 2.75) is 25.1 Å². The molecule has 1 aromatic heterocycles. The molecule has 0 saturated heterocycles. The first kappa shape index (κ1) is 11.8. The zero-order valence-corrected chi connectivity index (χ0v) is 7.96. The Hall–Kier alpha value is -1.30. The number of pyridine rings is 1. The van der Waals surface area contributed by atoms with Crippen LogP contribution in [-0.4, -0.2) is 17.2 Å². The largest absolute Gasteiger partial charge is 0.398 e. The molecule has 84 valence electrons. The van der Waals surface area contributed by atoms with Crippen molar-refractivity contribution in [1.29, 1.82) is 0 Å². The number of halogens is 3. The summed E-state index contributed by atoms with van der Waals surface area (Å²) in [6.45, 7) is 0. The molecule has 0 aliphatic carbocycles. The Labute approximate surface area is 85.3 Å². The summed E-state index contributed by atoms with van der Waals surface area (Å²) in [4.78, 5) is 3.78. The zero-order valence-electron chi connectivity index (χ0n) is 7.96. The fourth-order valence-corrected chi connectivity index (χ4v) is 1.26. The Morgan fingerprint density at radius 1 is 1.40 bits per heavy atom. The number of hydrogen-bond acceptors (Lipinski definition) is 3. The van der Waals surface area contributed by atoms with Crippen LogP contribution in [0.5, 0.6) is 0 Å². The quantitative estimate of drug-likeness (QED) is 0.809. The molecule has 1 rings (SSSR count). The normalized spacial score (nSPS) is 13.9. The van der Waals surface area contributed by atoms with E-state index in [1.54, 1.807) is 0 Å². The van der Waals surface area contributed by atoms with Crippen molar-refractivity contribution in [3.63, 3.8) is 0 Å². The average Bonchev–Trinajstić information content (AvgIpc) is 2.05. The number of alkyl halides is 3. The van der Waals surface area contributed by atoms with Crippen molar-refractivity contribution in [2.24, 2.45) is 5.73 Å². The number of anilines is 1. The van der Waals surface area contributed by atoms with Gasteiger partial charge in [-0.2, -0.15) is 13.2 Å². The van der Waals surface area contributed by atoms with E-state index in [1.165, 1.54) is 18.5 Å². The molecular weight excluding hydrogens is 207 g/mol. The third-order valence-corrected chi connectivity index (χ3v) is 1.92. The van der Waals surface area contributed by atoms with Crippen LogP contribution in [0.1, 0.15) is 12.0 Å². The van der Waals surface area contributed by atoms with Gasteiger partial charge < -0.3 is 11.5 Å². The molecule has 1 heterocycles. The predicted molar refractivity (Wildman–Crippen MR) is 51.0 cm³/mol. The zero-order chi connectivity index (χ0) is 11.5. The Morgan fingerprint density at radius 3 is 2.60 bits per heavy atom. The predicted octanol–water partition coefficient (Wildman–Crippen LogP) is 1.49. The average molecular weight is 219 g/mol. The van der Waals surface area contributed by atoms with Crippen LogP contribution in [0.2, 0.25) is 0 Å². The molecule has 6 heteroatoms. The molecule has 15 heavy (non-hydrogen) atoms. The molecule has 0 radical (unpaired) electrons. The van der Waals surface area contributed by atoms with E-state index in [9.17, 15) is 13.2 Å². The van der Waals surface area contributed by atoms with Crippen LogP contribution in [0.3, 0.4) is 0 Å². The maximum Gasteiger partial charge on any atom is 0.390 e. The highest BCUT2D eigenvalue weighted by Crippen LogP contribution is 2.23. The van der Waals surface area contributed by atoms with E-state index < -0.39 is 18.6 Å². The third-order valence-electron chi connectivity index (χ3n) is 1.92. The molecule has 1 aromatic rings. The Bertz CT molecular complexity index is 325. The van der Waals surface area contributed by atoms with E-state index >= 15 is 0 Å². The lowest BCUT2D eigenvalue weighted by atomic mass is 10.0. The number of rotatable bonds is 3. The molecule has 0 fully saturated rings. The van der Waals surface area contributed by atoms with E-state index in [-0.39, 0.29) is 6.42 Å². The standard InChI is InChI=1S/C9H12F3N3/c10-9(11,12)4-7(13)3-6-5-15-2-1-8(6)14/h1-2,5,7H,3-4,13H2,(H2,14,15). The van der Waals surface area contributed by atoms with Crippen molar-refractivity contribution in [3.8, 4) is 0 Å². The summed E-state index contributed by atoms with van der Waals surface area (Å²) in [6, 6.07) is 0.562. The van der Waals surface area contributed by atoms with E-state index in [4.69, 9.17) is 11.5 Å². The topological polar surface area (TPSA) is 64.9 Å². The molecule has 1 unspecified atom stereocenters. The van der Waals surface area contributed by atoms with Crippen molar-refractivity contribution in [2.75, 3.05) is 5.73 Å². The van der Waals surface area contributed by atoms with Gasteiger partial charge in [0.2, 0.25) is 0 Å². The number of nitrogens with zero attached hydrogens (tertiary/aromatic N) is 1. The molecule has 0 spiro atoms. The van der Waals surface area contributed by atoms with Gasteiger partial charge in [-0.05, 0) is 18.1 Å². The summed E-state index contributed by atoms with van der Waals surface area (Å²) in [6.07, 6.45) is -2.25. The fraction of sp³-hybridized carbons (Fsp3) is 0.444. The smallest absolute Gasteiger partial charge is 0.390 e. The number of aromatic nitrogens is 1. The molecule has 3 nitrogen and oxygen atoms in total. The van der Waals surface area contributed by atoms with Gasteiger partial charge in [0.25, 0.3) is 0 Å². The van der Waals surface area contributed by atoms with E-state index in [1.807, 2.05) is 0 Å². The molecule has 0 saturated carbocycles. The van der Waals surface area contributed by atoms with E-state index in [0.717, 1.165) is 0 Å². The lowest BCUT2D eigenvalue weighted by Gasteiger charge is -2.14. The minimum absolute atomic E-state index is 0.0825. The summed E-state index contributed by atoms with van der Waals surface area (Å²) in [7, 11) is 0. The monoisotopic (exact) mass is 219 g/mol. The van der Waals surface area contributed by atoms with E-state index in [2.05, 4.69) is 4.98 Å². The van der Waals surface area contributed by atoms with Gasteiger partial charge in [0.05, 0.1) is 6.42 Å². The van der Waals surface area contributed by atoms with Gasteiger partial charge >= 0.3 is 6.18 Å². The molecule has 1 atom stereocenters. The Morgan fingerprint density at radius 2 is 2.07 bits per heavy atom. The first-order chi connectivity index (χ1) is 6.88. The van der Waals surface area contributed by atoms with Gasteiger partial charge in [0.15, 0.2) is 0 Å². The summed E-state index contributed by atoms with van der Waals surface area (Å²) in [5, 5.41) is 0. The van der Waals surface area contributed by atoms with E-state index in [0.29, 0.717) is 11.3 Å². The Kier molecular flexibility index (Phi) is 3.52. The number of nitrogens with two attached hydrogens (primary N) is 2. The van der Waals surface area contributed by atoms with Gasteiger partial charge in [0.1, 0.15) is 0 Å². The van der Waals surface area contributed by atoms with Crippen molar-refractivity contribution in [3.05, 3.63) is 24.0 Å². The molecule has 0 bridgehead atoms. The van der Waals surface area contributed by atoms with Gasteiger partial charge in [-0.25, -0.2) is 0 Å². The highest BCUT2D eigenvalue weighted by molar-refractivity contribution is 5.44. The number of hydrogen-bond donors (Lipinski definition) is 2. The highest BCUT2D eigenvalue weighted by Gasteiger charge is 2.30. The number of nitrogen functional groups attached to an aromatic ring is 1. The SMILES string of the molecule is Nc1ccncc1CC(N)CC(F)(F)F. The second-order valence-electron chi connectivity index (χ2n) is 3.36. The van der Waals surface area contributed by atoms with Crippen LogP contribution in [0.15, 0.2) is 18.5 Å². The second kappa shape index (κ2) is 4.48. The maximum atomic E-state index is 12.0. The van der Waals surface area contributed by atoms with Crippen LogP contribution in [0.25, 0.3) is 0 Å². The summed E-state index contributed by atoms with van der Waals surface area (Å²) < 4.78 is 35.9. The summed E-state index contributed by atoms with van der Waals surface area (Å²) in [5.41, 5.74) is 11.9. The summed E-state index contributed by atoms with van der Waals surface area (Å²) in [5.74, 6) is 0. The molecule has 0 aliphatic rings. The van der Waals surface area contributed by atoms with Crippen molar-refractivity contribution in [1.82, 2.24) is 4.98 Å². The minimum atomic E-state index is -4.24. The molecule has 4 N–H and O–H groups in total. The molecule has 0 amide bonds. The van der Waals surface area contributed by atoms with Gasteiger partial charge in [-0.3, -0.25) is 4.98 Å². The van der Waals surface area contributed by atoms with Gasteiger partial charge in [0, 0.05) is 24.1 Å². The molecule has 0 aromatic carbocycles. The van der Waals surface area contributed by atoms with Crippen LogP contribution in [-0.2, 0) is 6.42 Å². The van der Waals surface area contributed by atoms with Gasteiger partial charge in [-0.15, -0.1) is 0 Å². The lowest BCUT2D eigenvalue weighted by molar-refractivity contribution is -0.138. The first-order valence-electron chi connectivity index (χ1n) is 4.39.